The molecule has 0 saturated carbocycles. The fourth-order valence-corrected chi connectivity index (χ4v) is 1.75. The number of halogens is 1. The summed E-state index contributed by atoms with van der Waals surface area (Å²) in [6, 6.07) is 10.9. The largest absolute Gasteiger partial charge is 0.462 e. The summed E-state index contributed by atoms with van der Waals surface area (Å²) >= 11 is 0. The van der Waals surface area contributed by atoms with Crippen molar-refractivity contribution in [2.24, 2.45) is 0 Å². The van der Waals surface area contributed by atoms with Gasteiger partial charge in [-0.3, -0.25) is 0 Å². The Morgan fingerprint density at radius 3 is 2.60 bits per heavy atom. The summed E-state index contributed by atoms with van der Waals surface area (Å²) in [5.74, 6) is -0.781. The monoisotopic (exact) mass is 274 g/mol. The van der Waals surface area contributed by atoms with Gasteiger partial charge in [-0.15, -0.1) is 0 Å². The van der Waals surface area contributed by atoms with E-state index in [9.17, 15) is 9.18 Å². The number of carbonyl (C=O) groups is 1. The molecule has 2 rings (SSSR count). The number of nitrogens with one attached hydrogen (secondary N) is 1. The molecule has 0 spiro atoms. The van der Waals surface area contributed by atoms with Gasteiger partial charge in [-0.05, 0) is 43.3 Å². The number of hydrogen-bond acceptors (Lipinski definition) is 4. The van der Waals surface area contributed by atoms with Crippen molar-refractivity contribution in [2.45, 2.75) is 6.92 Å². The number of anilines is 3. The SMILES string of the molecule is CCOC(=O)c1cccc(Nc2ccc(F)cc2)c1N. The molecule has 0 aliphatic rings. The van der Waals surface area contributed by atoms with Crippen molar-refractivity contribution in [1.29, 1.82) is 0 Å². The van der Waals surface area contributed by atoms with Crippen LogP contribution in [-0.4, -0.2) is 12.6 Å². The van der Waals surface area contributed by atoms with Gasteiger partial charge >= 0.3 is 5.97 Å². The first-order valence-electron chi connectivity index (χ1n) is 6.20. The number of ether oxygens (including phenoxy) is 1. The number of nitrogens with two attached hydrogens (primary N) is 1. The van der Waals surface area contributed by atoms with E-state index in [-0.39, 0.29) is 12.4 Å². The molecule has 0 amide bonds. The number of rotatable bonds is 4. The van der Waals surface area contributed by atoms with Crippen LogP contribution in [0.4, 0.5) is 21.5 Å². The van der Waals surface area contributed by atoms with Crippen LogP contribution in [0.15, 0.2) is 42.5 Å². The number of nitrogen functional groups attached to an aromatic ring is 1. The van der Waals surface area contributed by atoms with Gasteiger partial charge in [-0.1, -0.05) is 6.07 Å². The molecule has 0 aromatic heterocycles. The molecule has 4 nitrogen and oxygen atoms in total. The van der Waals surface area contributed by atoms with Crippen molar-refractivity contribution in [3.8, 4) is 0 Å². The molecule has 0 heterocycles. The van der Waals surface area contributed by atoms with Crippen molar-refractivity contribution in [3.05, 3.63) is 53.8 Å². The van der Waals surface area contributed by atoms with Crippen molar-refractivity contribution >= 4 is 23.0 Å². The number of carbonyl (C=O) groups excluding carboxylic acids is 1. The maximum atomic E-state index is 12.8. The summed E-state index contributed by atoms with van der Waals surface area (Å²) < 4.78 is 17.8. The Balaban J connectivity index is 2.26. The van der Waals surface area contributed by atoms with E-state index in [0.717, 1.165) is 0 Å². The Morgan fingerprint density at radius 2 is 1.95 bits per heavy atom. The van der Waals surface area contributed by atoms with Crippen molar-refractivity contribution in [3.63, 3.8) is 0 Å². The highest BCUT2D eigenvalue weighted by Gasteiger charge is 2.13. The van der Waals surface area contributed by atoms with E-state index in [2.05, 4.69) is 5.32 Å². The predicted octanol–water partition coefficient (Wildman–Crippen LogP) is 3.33. The third-order valence-electron chi connectivity index (χ3n) is 2.72. The standard InChI is InChI=1S/C15H15FN2O2/c1-2-20-15(19)12-4-3-5-13(14(12)17)18-11-8-6-10(16)7-9-11/h3-9,18H,2,17H2,1H3. The average Bonchev–Trinajstić information content (AvgIpc) is 2.44. The first kappa shape index (κ1) is 13.9. The van der Waals surface area contributed by atoms with Gasteiger partial charge in [0.2, 0.25) is 0 Å². The van der Waals surface area contributed by atoms with Crippen LogP contribution in [0, 0.1) is 5.82 Å². The molecule has 20 heavy (non-hydrogen) atoms. The molecule has 0 unspecified atom stereocenters. The van der Waals surface area contributed by atoms with Gasteiger partial charge in [-0.25, -0.2) is 9.18 Å². The zero-order valence-corrected chi connectivity index (χ0v) is 11.0. The Bertz CT molecular complexity index is 612. The summed E-state index contributed by atoms with van der Waals surface area (Å²) in [5, 5.41) is 3.04. The number of hydrogen-bond donors (Lipinski definition) is 2. The van der Waals surface area contributed by atoms with Crippen LogP contribution in [0.1, 0.15) is 17.3 Å². The Kier molecular flexibility index (Phi) is 4.20. The normalized spacial score (nSPS) is 10.1. The van der Waals surface area contributed by atoms with Gasteiger partial charge in [0, 0.05) is 5.69 Å². The third kappa shape index (κ3) is 3.06. The fraction of sp³-hybridized carbons (Fsp3) is 0.133. The van der Waals surface area contributed by atoms with Crippen LogP contribution in [0.25, 0.3) is 0 Å². The van der Waals surface area contributed by atoms with Crippen molar-refractivity contribution < 1.29 is 13.9 Å². The Hall–Kier alpha value is -2.56. The van der Waals surface area contributed by atoms with E-state index < -0.39 is 5.97 Å². The highest BCUT2D eigenvalue weighted by Crippen LogP contribution is 2.26. The molecule has 0 saturated heterocycles. The minimum absolute atomic E-state index is 0.286. The summed E-state index contributed by atoms with van der Waals surface area (Å²) in [6.07, 6.45) is 0. The second-order valence-corrected chi connectivity index (χ2v) is 4.12. The molecule has 104 valence electrons. The Labute approximate surface area is 116 Å². The van der Waals surface area contributed by atoms with E-state index in [1.165, 1.54) is 12.1 Å². The van der Waals surface area contributed by atoms with E-state index >= 15 is 0 Å². The van der Waals surface area contributed by atoms with E-state index in [0.29, 0.717) is 22.6 Å². The number of para-hydroxylation sites is 1. The fourth-order valence-electron chi connectivity index (χ4n) is 1.75. The molecule has 0 aliphatic carbocycles. The number of benzene rings is 2. The lowest BCUT2D eigenvalue weighted by Gasteiger charge is -2.12. The lowest BCUT2D eigenvalue weighted by molar-refractivity contribution is 0.0527. The van der Waals surface area contributed by atoms with Gasteiger partial charge in [0.1, 0.15) is 5.82 Å². The molecule has 0 atom stereocenters. The highest BCUT2D eigenvalue weighted by atomic mass is 19.1. The highest BCUT2D eigenvalue weighted by molar-refractivity contribution is 5.98. The van der Waals surface area contributed by atoms with Crippen LogP contribution in [0.5, 0.6) is 0 Å². The predicted molar refractivity (Wildman–Crippen MR) is 76.5 cm³/mol. The third-order valence-corrected chi connectivity index (χ3v) is 2.72. The second kappa shape index (κ2) is 6.06. The van der Waals surface area contributed by atoms with E-state index in [1.807, 2.05) is 0 Å². The van der Waals surface area contributed by atoms with Crippen LogP contribution < -0.4 is 11.1 Å². The van der Waals surface area contributed by atoms with Gasteiger partial charge in [0.25, 0.3) is 0 Å². The zero-order valence-electron chi connectivity index (χ0n) is 11.0. The molecule has 3 N–H and O–H groups in total. The molecule has 0 bridgehead atoms. The van der Waals surface area contributed by atoms with Crippen LogP contribution in [-0.2, 0) is 4.74 Å². The summed E-state index contributed by atoms with van der Waals surface area (Å²) in [6.45, 7) is 2.02. The van der Waals surface area contributed by atoms with E-state index in [1.54, 1.807) is 37.3 Å². The van der Waals surface area contributed by atoms with Crippen LogP contribution in [0.3, 0.4) is 0 Å². The molecule has 2 aromatic rings. The van der Waals surface area contributed by atoms with E-state index in [4.69, 9.17) is 10.5 Å². The first-order valence-corrected chi connectivity index (χ1v) is 6.20. The van der Waals surface area contributed by atoms with Gasteiger partial charge in [-0.2, -0.15) is 0 Å². The molecule has 0 radical (unpaired) electrons. The summed E-state index contributed by atoms with van der Waals surface area (Å²) in [7, 11) is 0. The number of esters is 1. The second-order valence-electron chi connectivity index (χ2n) is 4.12. The zero-order chi connectivity index (χ0) is 14.5. The summed E-state index contributed by atoms with van der Waals surface area (Å²) in [4.78, 5) is 11.7. The maximum Gasteiger partial charge on any atom is 0.340 e. The molecule has 0 fully saturated rings. The lowest BCUT2D eigenvalue weighted by atomic mass is 10.1. The smallest absolute Gasteiger partial charge is 0.340 e. The molecular formula is C15H15FN2O2. The minimum Gasteiger partial charge on any atom is -0.462 e. The Morgan fingerprint density at radius 1 is 1.25 bits per heavy atom. The van der Waals surface area contributed by atoms with Gasteiger partial charge in [0.15, 0.2) is 0 Å². The summed E-state index contributed by atoms with van der Waals surface area (Å²) in [5.41, 5.74) is 7.81. The minimum atomic E-state index is -0.465. The average molecular weight is 274 g/mol. The molecule has 2 aromatic carbocycles. The quantitative estimate of drug-likeness (QED) is 0.663. The van der Waals surface area contributed by atoms with Crippen LogP contribution >= 0.6 is 0 Å². The van der Waals surface area contributed by atoms with Gasteiger partial charge in [0.05, 0.1) is 23.5 Å². The van der Waals surface area contributed by atoms with Crippen molar-refractivity contribution in [2.75, 3.05) is 17.7 Å². The molecule has 5 heteroatoms. The topological polar surface area (TPSA) is 64.3 Å². The molecular weight excluding hydrogens is 259 g/mol. The van der Waals surface area contributed by atoms with Gasteiger partial charge < -0.3 is 15.8 Å². The van der Waals surface area contributed by atoms with Crippen LogP contribution in [0.2, 0.25) is 0 Å². The lowest BCUT2D eigenvalue weighted by Crippen LogP contribution is -2.09. The first-order chi connectivity index (χ1) is 9.61. The maximum absolute atomic E-state index is 12.8. The van der Waals surface area contributed by atoms with Crippen molar-refractivity contribution in [1.82, 2.24) is 0 Å². The molecule has 0 aliphatic heterocycles.